The molecule has 2 heterocycles. The van der Waals surface area contributed by atoms with Crippen molar-refractivity contribution in [2.75, 3.05) is 5.32 Å². The summed E-state index contributed by atoms with van der Waals surface area (Å²) >= 11 is 1.89. The van der Waals surface area contributed by atoms with Crippen molar-refractivity contribution in [1.82, 2.24) is 0 Å². The van der Waals surface area contributed by atoms with Crippen molar-refractivity contribution >= 4 is 64.7 Å². The Morgan fingerprint density at radius 3 is 2.34 bits per heavy atom. The third-order valence-corrected chi connectivity index (χ3v) is 12.0. The van der Waals surface area contributed by atoms with Crippen molar-refractivity contribution in [3.63, 3.8) is 0 Å². The van der Waals surface area contributed by atoms with Gasteiger partial charge in [0.25, 0.3) is 0 Å². The summed E-state index contributed by atoms with van der Waals surface area (Å²) in [5.41, 5.74) is 11.8. The summed E-state index contributed by atoms with van der Waals surface area (Å²) in [7, 11) is 0. The summed E-state index contributed by atoms with van der Waals surface area (Å²) < 4.78 is 9.24. The van der Waals surface area contributed by atoms with Gasteiger partial charge in [0.05, 0.1) is 11.1 Å². The van der Waals surface area contributed by atoms with Crippen LogP contribution in [0.1, 0.15) is 29.0 Å². The molecule has 0 fully saturated rings. The van der Waals surface area contributed by atoms with Gasteiger partial charge in [-0.25, -0.2) is 0 Å². The quantitative estimate of drug-likeness (QED) is 0.199. The lowest BCUT2D eigenvalue weighted by molar-refractivity contribution is 0.669. The molecule has 0 saturated heterocycles. The maximum absolute atomic E-state index is 6.53. The Kier molecular flexibility index (Phi) is 6.89. The van der Waals surface area contributed by atoms with Crippen LogP contribution in [0.15, 0.2) is 168 Å². The molecule has 0 spiro atoms. The zero-order valence-corrected chi connectivity index (χ0v) is 28.6. The molecule has 3 atom stereocenters. The predicted octanol–water partition coefficient (Wildman–Crippen LogP) is 13.3. The summed E-state index contributed by atoms with van der Waals surface area (Å²) in [5, 5.41) is 8.84. The highest BCUT2D eigenvalue weighted by atomic mass is 32.1. The van der Waals surface area contributed by atoms with Crippen LogP contribution in [0.4, 0.5) is 5.69 Å². The summed E-state index contributed by atoms with van der Waals surface area (Å²) in [4.78, 5) is 0. The maximum Gasteiger partial charge on any atom is 0.137 e. The van der Waals surface area contributed by atoms with Gasteiger partial charge in [-0.3, -0.25) is 0 Å². The first kappa shape index (κ1) is 29.3. The fraction of sp³-hybridized carbons (Fsp3) is 0.106. The maximum atomic E-state index is 6.53. The number of rotatable bonds is 5. The lowest BCUT2D eigenvalue weighted by atomic mass is 9.75. The van der Waals surface area contributed by atoms with Gasteiger partial charge in [0.1, 0.15) is 11.2 Å². The van der Waals surface area contributed by atoms with Gasteiger partial charge in [-0.1, -0.05) is 121 Å². The largest absolute Gasteiger partial charge is 0.456 e. The number of benzene rings is 5. The Morgan fingerprint density at radius 1 is 0.660 bits per heavy atom. The molecule has 240 valence electrons. The van der Waals surface area contributed by atoms with E-state index in [2.05, 4.69) is 170 Å². The van der Waals surface area contributed by atoms with E-state index in [1.807, 2.05) is 11.3 Å². The van der Waals surface area contributed by atoms with Crippen LogP contribution in [0.3, 0.4) is 0 Å². The molecule has 3 heteroatoms. The number of nitrogens with one attached hydrogen (secondary N) is 1. The van der Waals surface area contributed by atoms with Gasteiger partial charge in [-0.2, -0.15) is 0 Å². The molecule has 3 aliphatic carbocycles. The monoisotopic (exact) mass is 661 g/mol. The number of anilines is 1. The molecular formula is C47H35NOS. The van der Waals surface area contributed by atoms with Gasteiger partial charge in [0, 0.05) is 49.0 Å². The zero-order valence-electron chi connectivity index (χ0n) is 27.8. The standard InChI is InChI=1S/C47H35NOS/c1-29-33(37-18-6-12-30-11-2-3-13-35(30)37)15-7-16-34(29)38-19-8-21-41-46(38)47-40(20-10-22-42(47)49-41)48-32-27-25-31(26-28-32)36-17-9-24-44-45(36)39-14-4-5-23-43(39)50-44/h2-25,27-28,30-31,35,48H,26H2,1H3. The molecule has 10 rings (SSSR count). The Morgan fingerprint density at radius 2 is 1.42 bits per heavy atom. The molecule has 3 aliphatic rings. The summed E-state index contributed by atoms with van der Waals surface area (Å²) in [5.74, 6) is 1.09. The third kappa shape index (κ3) is 4.69. The number of hydrogen-bond donors (Lipinski definition) is 1. The minimum atomic E-state index is 0.333. The van der Waals surface area contributed by atoms with Crippen molar-refractivity contribution in [1.29, 1.82) is 0 Å². The topological polar surface area (TPSA) is 25.2 Å². The highest BCUT2D eigenvalue weighted by Crippen LogP contribution is 2.45. The van der Waals surface area contributed by atoms with Crippen molar-refractivity contribution in [2.24, 2.45) is 11.8 Å². The van der Waals surface area contributed by atoms with Gasteiger partial charge < -0.3 is 9.73 Å². The number of thiophene rings is 1. The SMILES string of the molecule is Cc1c(C2=CC=CC3C=CC=CC23)cccc1-c1cccc2oc3cccc(NC4=CCC(c5cccc6sc7ccccc7c56)C=C4)c3c12. The first-order chi connectivity index (χ1) is 24.7. The van der Waals surface area contributed by atoms with Crippen LogP contribution in [0.25, 0.3) is 58.8 Å². The second-order valence-corrected chi connectivity index (χ2v) is 14.7. The van der Waals surface area contributed by atoms with E-state index in [4.69, 9.17) is 4.42 Å². The van der Waals surface area contributed by atoms with Gasteiger partial charge in [-0.15, -0.1) is 11.3 Å². The summed E-state index contributed by atoms with van der Waals surface area (Å²) in [6.45, 7) is 2.27. The molecular weight excluding hydrogens is 627 g/mol. The molecule has 0 aliphatic heterocycles. The average molecular weight is 662 g/mol. The van der Waals surface area contributed by atoms with Crippen molar-refractivity contribution < 1.29 is 4.42 Å². The summed E-state index contributed by atoms with van der Waals surface area (Å²) in [6, 6.07) is 35.1. The van der Waals surface area contributed by atoms with E-state index in [-0.39, 0.29) is 0 Å². The van der Waals surface area contributed by atoms with E-state index in [1.54, 1.807) is 0 Å². The number of fused-ring (bicyclic) bond motifs is 7. The van der Waals surface area contributed by atoms with E-state index in [0.29, 0.717) is 17.8 Å². The molecule has 7 aromatic rings. The molecule has 3 unspecified atom stereocenters. The van der Waals surface area contributed by atoms with Crippen LogP contribution in [0.5, 0.6) is 0 Å². The second-order valence-electron chi connectivity index (χ2n) is 13.6. The van der Waals surface area contributed by atoms with E-state index in [0.717, 1.165) is 39.7 Å². The van der Waals surface area contributed by atoms with Crippen LogP contribution < -0.4 is 5.32 Å². The summed E-state index contributed by atoms with van der Waals surface area (Å²) in [6.07, 6.45) is 23.7. The first-order valence-electron chi connectivity index (χ1n) is 17.5. The fourth-order valence-corrected chi connectivity index (χ4v) is 9.57. The lowest BCUT2D eigenvalue weighted by Gasteiger charge is -2.28. The fourth-order valence-electron chi connectivity index (χ4n) is 8.43. The smallest absolute Gasteiger partial charge is 0.137 e. The van der Waals surface area contributed by atoms with Crippen LogP contribution >= 0.6 is 11.3 Å². The first-order valence-corrected chi connectivity index (χ1v) is 18.4. The average Bonchev–Trinajstić information content (AvgIpc) is 3.75. The second kappa shape index (κ2) is 11.8. The van der Waals surface area contributed by atoms with Gasteiger partial charge in [-0.05, 0) is 83.1 Å². The minimum Gasteiger partial charge on any atom is -0.456 e. The molecule has 2 nitrogen and oxygen atoms in total. The molecule has 50 heavy (non-hydrogen) atoms. The van der Waals surface area contributed by atoms with E-state index >= 15 is 0 Å². The molecule has 0 amide bonds. The van der Waals surface area contributed by atoms with Crippen molar-refractivity contribution in [3.05, 3.63) is 180 Å². The number of allylic oxidation sites excluding steroid dienone is 11. The Labute approximate surface area is 295 Å². The highest BCUT2D eigenvalue weighted by Gasteiger charge is 2.26. The normalized spacial score (nSPS) is 19.7. The van der Waals surface area contributed by atoms with E-state index in [9.17, 15) is 0 Å². The third-order valence-electron chi connectivity index (χ3n) is 10.8. The Bertz CT molecular complexity index is 2690. The molecule has 0 radical (unpaired) electrons. The van der Waals surface area contributed by atoms with Crippen LogP contribution in [0.2, 0.25) is 0 Å². The number of furan rings is 1. The van der Waals surface area contributed by atoms with Gasteiger partial charge >= 0.3 is 0 Å². The lowest BCUT2D eigenvalue weighted by Crippen LogP contribution is -2.15. The van der Waals surface area contributed by atoms with E-state index < -0.39 is 0 Å². The molecule has 0 saturated carbocycles. The molecule has 5 aromatic carbocycles. The van der Waals surface area contributed by atoms with Crippen molar-refractivity contribution in [2.45, 2.75) is 19.3 Å². The van der Waals surface area contributed by atoms with Crippen molar-refractivity contribution in [3.8, 4) is 11.1 Å². The molecule has 0 bridgehead atoms. The number of hydrogen-bond acceptors (Lipinski definition) is 3. The van der Waals surface area contributed by atoms with Gasteiger partial charge in [0.2, 0.25) is 0 Å². The minimum absolute atomic E-state index is 0.333. The Balaban J connectivity index is 1.02. The van der Waals surface area contributed by atoms with Crippen LogP contribution in [0, 0.1) is 18.8 Å². The Hall–Kier alpha value is -5.64. The molecule has 2 aromatic heterocycles. The highest BCUT2D eigenvalue weighted by molar-refractivity contribution is 7.25. The predicted molar refractivity (Wildman–Crippen MR) is 214 cm³/mol. The zero-order chi connectivity index (χ0) is 33.2. The molecule has 1 N–H and O–H groups in total. The van der Waals surface area contributed by atoms with Crippen LogP contribution in [-0.2, 0) is 0 Å². The van der Waals surface area contributed by atoms with Gasteiger partial charge in [0.15, 0.2) is 0 Å². The van der Waals surface area contributed by atoms with Crippen LogP contribution in [-0.4, -0.2) is 0 Å². The van der Waals surface area contributed by atoms with E-state index in [1.165, 1.54) is 53.6 Å².